The largest absolute Gasteiger partial charge is 0.475 e. The van der Waals surface area contributed by atoms with E-state index in [1.807, 2.05) is 18.5 Å². The molecule has 0 bridgehead atoms. The van der Waals surface area contributed by atoms with Gasteiger partial charge in [-0.2, -0.15) is 5.10 Å². The van der Waals surface area contributed by atoms with Gasteiger partial charge in [0.1, 0.15) is 0 Å². The molecule has 0 unspecified atom stereocenters. The number of rotatable bonds is 5. The summed E-state index contributed by atoms with van der Waals surface area (Å²) >= 11 is 7.59. The highest BCUT2D eigenvalue weighted by molar-refractivity contribution is 7.98. The average molecular weight is 301 g/mol. The third-order valence-electron chi connectivity index (χ3n) is 2.60. The zero-order chi connectivity index (χ0) is 14.0. The first-order chi connectivity index (χ1) is 9.02. The summed E-state index contributed by atoms with van der Waals surface area (Å²) in [6.45, 7) is 4.59. The summed E-state index contributed by atoms with van der Waals surface area (Å²) in [5, 5.41) is 14.3. The second-order valence-electron chi connectivity index (χ2n) is 3.87. The van der Waals surface area contributed by atoms with Crippen LogP contribution in [0, 0.1) is 6.92 Å². The van der Waals surface area contributed by atoms with Crippen LogP contribution < -0.4 is 0 Å². The zero-order valence-corrected chi connectivity index (χ0v) is 12.1. The zero-order valence-electron chi connectivity index (χ0n) is 10.5. The highest BCUT2D eigenvalue weighted by atomic mass is 35.5. The van der Waals surface area contributed by atoms with Gasteiger partial charge in [0, 0.05) is 12.3 Å². The molecular formula is C12H13ClN2O3S. The van der Waals surface area contributed by atoms with Crippen molar-refractivity contribution in [2.75, 3.05) is 0 Å². The maximum absolute atomic E-state index is 10.7. The van der Waals surface area contributed by atoms with E-state index >= 15 is 0 Å². The molecule has 0 aliphatic rings. The van der Waals surface area contributed by atoms with Crippen LogP contribution in [-0.4, -0.2) is 20.9 Å². The summed E-state index contributed by atoms with van der Waals surface area (Å²) in [5.74, 6) is -0.548. The predicted molar refractivity (Wildman–Crippen MR) is 72.9 cm³/mol. The Morgan fingerprint density at radius 1 is 1.58 bits per heavy atom. The molecule has 0 atom stereocenters. The number of carboxylic acids is 1. The Labute approximate surface area is 119 Å². The Balaban J connectivity index is 2.11. The summed E-state index contributed by atoms with van der Waals surface area (Å²) in [6, 6.07) is 3.08. The number of furan rings is 1. The van der Waals surface area contributed by atoms with Gasteiger partial charge in [-0.3, -0.25) is 4.68 Å². The molecule has 2 heterocycles. The third kappa shape index (κ3) is 2.96. The Hall–Kier alpha value is -1.40. The number of carboxylic acid groups (broad SMARTS) is 1. The normalized spacial score (nSPS) is 10.9. The van der Waals surface area contributed by atoms with Gasteiger partial charge in [0.15, 0.2) is 5.09 Å². The van der Waals surface area contributed by atoms with Gasteiger partial charge >= 0.3 is 5.97 Å². The number of aromatic carboxylic acids is 1. The molecule has 0 saturated carbocycles. The number of hydrogen-bond acceptors (Lipinski definition) is 4. The summed E-state index contributed by atoms with van der Waals surface area (Å²) in [7, 11) is 0. The number of nitrogens with zero attached hydrogens (tertiary/aromatic N) is 2. The summed E-state index contributed by atoms with van der Waals surface area (Å²) in [5.41, 5.74) is 1.71. The Morgan fingerprint density at radius 2 is 2.32 bits per heavy atom. The molecule has 2 aromatic heterocycles. The fraction of sp³-hybridized carbons (Fsp3) is 0.333. The lowest BCUT2D eigenvalue weighted by atomic mass is 10.4. The second-order valence-corrected chi connectivity index (χ2v) is 5.23. The molecule has 0 radical (unpaired) electrons. The van der Waals surface area contributed by atoms with E-state index in [-0.39, 0.29) is 5.76 Å². The van der Waals surface area contributed by atoms with Gasteiger partial charge < -0.3 is 9.52 Å². The molecule has 0 spiro atoms. The smallest absolute Gasteiger partial charge is 0.371 e. The van der Waals surface area contributed by atoms with Crippen LogP contribution >= 0.6 is 23.4 Å². The number of aryl methyl sites for hydroxylation is 2. The molecular weight excluding hydrogens is 288 g/mol. The maximum atomic E-state index is 10.7. The molecule has 0 fully saturated rings. The summed E-state index contributed by atoms with van der Waals surface area (Å²) in [4.78, 5) is 10.7. The van der Waals surface area contributed by atoms with Crippen molar-refractivity contribution in [2.24, 2.45) is 0 Å². The fourth-order valence-electron chi connectivity index (χ4n) is 1.66. The van der Waals surface area contributed by atoms with Crippen molar-refractivity contribution < 1.29 is 14.3 Å². The predicted octanol–water partition coefficient (Wildman–Crippen LogP) is 3.45. The number of hydrogen-bond donors (Lipinski definition) is 1. The topological polar surface area (TPSA) is 68.3 Å². The monoisotopic (exact) mass is 300 g/mol. The first kappa shape index (κ1) is 14.0. The molecule has 1 N–H and O–H groups in total. The van der Waals surface area contributed by atoms with Crippen LogP contribution in [0.5, 0.6) is 0 Å². The molecule has 102 valence electrons. The molecule has 0 aliphatic carbocycles. The molecule has 5 nitrogen and oxygen atoms in total. The van der Waals surface area contributed by atoms with E-state index in [0.29, 0.717) is 15.9 Å². The fourth-order valence-corrected chi connectivity index (χ4v) is 2.83. The Bertz CT molecular complexity index is 606. The maximum Gasteiger partial charge on any atom is 0.371 e. The van der Waals surface area contributed by atoms with Crippen molar-refractivity contribution >= 4 is 29.3 Å². The minimum atomic E-state index is -1.07. The first-order valence-electron chi connectivity index (χ1n) is 5.70. The van der Waals surface area contributed by atoms with Gasteiger partial charge in [0.25, 0.3) is 0 Å². The van der Waals surface area contributed by atoms with E-state index < -0.39 is 5.97 Å². The van der Waals surface area contributed by atoms with Crippen molar-refractivity contribution in [1.29, 1.82) is 0 Å². The SMILES string of the molecule is CCn1nc(C)c(Cl)c1CSc1ccc(C(=O)O)o1. The minimum Gasteiger partial charge on any atom is -0.475 e. The third-order valence-corrected chi connectivity index (χ3v) is 4.01. The Morgan fingerprint density at radius 3 is 2.89 bits per heavy atom. The van der Waals surface area contributed by atoms with Gasteiger partial charge in [-0.15, -0.1) is 0 Å². The van der Waals surface area contributed by atoms with Crippen LogP contribution in [0.4, 0.5) is 0 Å². The molecule has 0 amide bonds. The van der Waals surface area contributed by atoms with Crippen molar-refractivity contribution in [3.8, 4) is 0 Å². The van der Waals surface area contributed by atoms with E-state index in [1.165, 1.54) is 17.8 Å². The van der Waals surface area contributed by atoms with Gasteiger partial charge in [-0.05, 0) is 26.0 Å². The van der Waals surface area contributed by atoms with Crippen LogP contribution in [0.3, 0.4) is 0 Å². The lowest BCUT2D eigenvalue weighted by Crippen LogP contribution is -2.01. The van der Waals surface area contributed by atoms with Gasteiger partial charge in [0.2, 0.25) is 5.76 Å². The number of carbonyl (C=O) groups is 1. The number of thioether (sulfide) groups is 1. The number of aromatic nitrogens is 2. The first-order valence-corrected chi connectivity index (χ1v) is 7.07. The summed E-state index contributed by atoms with van der Waals surface area (Å²) in [6.07, 6.45) is 0. The van der Waals surface area contributed by atoms with Crippen LogP contribution in [0.2, 0.25) is 5.02 Å². The number of halogens is 1. The summed E-state index contributed by atoms with van der Waals surface area (Å²) < 4.78 is 7.02. The second kappa shape index (κ2) is 5.71. The standard InChI is InChI=1S/C12H13ClN2O3S/c1-3-15-8(11(13)7(2)14-15)6-19-10-5-4-9(18-10)12(16)17/h4-5H,3,6H2,1-2H3,(H,16,17). The van der Waals surface area contributed by atoms with E-state index in [1.54, 1.807) is 6.07 Å². The molecule has 0 aromatic carbocycles. The van der Waals surface area contributed by atoms with Crippen molar-refractivity contribution in [1.82, 2.24) is 9.78 Å². The van der Waals surface area contributed by atoms with E-state index in [4.69, 9.17) is 21.1 Å². The van der Waals surface area contributed by atoms with Crippen molar-refractivity contribution in [3.05, 3.63) is 34.3 Å². The molecule has 7 heteroatoms. The molecule has 2 rings (SSSR count). The highest BCUT2D eigenvalue weighted by Crippen LogP contribution is 2.29. The lowest BCUT2D eigenvalue weighted by molar-refractivity contribution is 0.0656. The van der Waals surface area contributed by atoms with Crippen LogP contribution in [0.25, 0.3) is 0 Å². The van der Waals surface area contributed by atoms with Crippen molar-refractivity contribution in [2.45, 2.75) is 31.2 Å². The molecule has 0 saturated heterocycles. The quantitative estimate of drug-likeness (QED) is 0.857. The van der Waals surface area contributed by atoms with Gasteiger partial charge in [-0.25, -0.2) is 4.79 Å². The molecule has 19 heavy (non-hydrogen) atoms. The van der Waals surface area contributed by atoms with Crippen LogP contribution in [0.1, 0.15) is 28.9 Å². The van der Waals surface area contributed by atoms with Crippen LogP contribution in [0.15, 0.2) is 21.6 Å². The van der Waals surface area contributed by atoms with Gasteiger partial charge in [-0.1, -0.05) is 23.4 Å². The van der Waals surface area contributed by atoms with Gasteiger partial charge in [0.05, 0.1) is 16.4 Å². The van der Waals surface area contributed by atoms with E-state index in [9.17, 15) is 4.79 Å². The average Bonchev–Trinajstić information content (AvgIpc) is 2.94. The minimum absolute atomic E-state index is 0.0613. The van der Waals surface area contributed by atoms with Crippen LogP contribution in [-0.2, 0) is 12.3 Å². The van der Waals surface area contributed by atoms with E-state index in [0.717, 1.165) is 17.9 Å². The lowest BCUT2D eigenvalue weighted by Gasteiger charge is -2.03. The van der Waals surface area contributed by atoms with E-state index in [2.05, 4.69) is 5.10 Å². The highest BCUT2D eigenvalue weighted by Gasteiger charge is 2.14. The van der Waals surface area contributed by atoms with Crippen molar-refractivity contribution in [3.63, 3.8) is 0 Å². The Kier molecular flexibility index (Phi) is 4.21. The molecule has 2 aromatic rings. The molecule has 0 aliphatic heterocycles.